The molecule has 0 saturated heterocycles. The lowest BCUT2D eigenvalue weighted by Crippen LogP contribution is -2.27. The van der Waals surface area contributed by atoms with Gasteiger partial charge >= 0.3 is 0 Å². The summed E-state index contributed by atoms with van der Waals surface area (Å²) in [6.45, 7) is 5.94. The summed E-state index contributed by atoms with van der Waals surface area (Å²) in [6, 6.07) is 5.13. The van der Waals surface area contributed by atoms with Crippen molar-refractivity contribution in [3.05, 3.63) is 40.8 Å². The van der Waals surface area contributed by atoms with Crippen LogP contribution in [0, 0.1) is 12.3 Å². The molecule has 1 aromatic carbocycles. The Labute approximate surface area is 158 Å². The minimum absolute atomic E-state index is 0.105. The second-order valence-electron chi connectivity index (χ2n) is 7.44. The highest BCUT2D eigenvalue weighted by Gasteiger charge is 2.36. The lowest BCUT2D eigenvalue weighted by molar-refractivity contribution is 0.0992. The Morgan fingerprint density at radius 3 is 2.63 bits per heavy atom. The summed E-state index contributed by atoms with van der Waals surface area (Å²) >= 11 is 0. The van der Waals surface area contributed by atoms with Gasteiger partial charge in [-0.05, 0) is 30.9 Å². The molecule has 0 radical (unpaired) electrons. The van der Waals surface area contributed by atoms with Crippen LogP contribution in [0.3, 0.4) is 0 Å². The number of carbonyl (C=O) groups is 1. The van der Waals surface area contributed by atoms with Crippen LogP contribution in [0.25, 0.3) is 0 Å². The third kappa shape index (κ3) is 3.49. The van der Waals surface area contributed by atoms with Crippen molar-refractivity contribution in [2.45, 2.75) is 33.6 Å². The first kappa shape index (κ1) is 18.8. The molecule has 27 heavy (non-hydrogen) atoms. The maximum Gasteiger partial charge on any atom is 0.291 e. The van der Waals surface area contributed by atoms with Gasteiger partial charge in [0.2, 0.25) is 0 Å². The highest BCUT2D eigenvalue weighted by atomic mass is 16.5. The topological polar surface area (TPSA) is 93.3 Å². The molecule has 3 rings (SSSR count). The predicted molar refractivity (Wildman–Crippen MR) is 101 cm³/mol. The predicted octanol–water partition coefficient (Wildman–Crippen LogP) is 4.01. The number of anilines is 1. The van der Waals surface area contributed by atoms with Crippen molar-refractivity contribution < 1.29 is 23.9 Å². The van der Waals surface area contributed by atoms with Crippen LogP contribution in [0.1, 0.15) is 47.7 Å². The van der Waals surface area contributed by atoms with E-state index in [4.69, 9.17) is 13.9 Å². The third-order valence-corrected chi connectivity index (χ3v) is 4.78. The normalized spacial score (nSPS) is 16.7. The highest BCUT2D eigenvalue weighted by Crippen LogP contribution is 2.39. The SMILES string of the molecule is COc1ccc(NC(=O)c2oc3c(c2C)/C(=N/O)CC(C)(C)C3)c(OC)c1. The van der Waals surface area contributed by atoms with E-state index in [9.17, 15) is 10.0 Å². The number of nitrogens with zero attached hydrogens (tertiary/aromatic N) is 1. The first-order chi connectivity index (χ1) is 12.8. The molecule has 0 saturated carbocycles. The van der Waals surface area contributed by atoms with Crippen molar-refractivity contribution in [2.24, 2.45) is 10.6 Å². The van der Waals surface area contributed by atoms with Gasteiger partial charge in [-0.2, -0.15) is 0 Å². The fourth-order valence-corrected chi connectivity index (χ4v) is 3.50. The third-order valence-electron chi connectivity index (χ3n) is 4.78. The fourth-order valence-electron chi connectivity index (χ4n) is 3.50. The first-order valence-electron chi connectivity index (χ1n) is 8.66. The van der Waals surface area contributed by atoms with Gasteiger partial charge in [0, 0.05) is 23.6 Å². The van der Waals surface area contributed by atoms with Crippen LogP contribution in [0.4, 0.5) is 5.69 Å². The van der Waals surface area contributed by atoms with Crippen molar-refractivity contribution in [3.8, 4) is 11.5 Å². The van der Waals surface area contributed by atoms with Gasteiger partial charge in [-0.15, -0.1) is 0 Å². The smallest absolute Gasteiger partial charge is 0.291 e. The number of methoxy groups -OCH3 is 2. The zero-order valence-corrected chi connectivity index (χ0v) is 16.2. The van der Waals surface area contributed by atoms with Crippen molar-refractivity contribution >= 4 is 17.3 Å². The summed E-state index contributed by atoms with van der Waals surface area (Å²) in [7, 11) is 3.08. The molecule has 2 aromatic rings. The second kappa shape index (κ2) is 6.98. The van der Waals surface area contributed by atoms with Gasteiger partial charge in [0.1, 0.15) is 17.3 Å². The van der Waals surface area contributed by atoms with Crippen LogP contribution < -0.4 is 14.8 Å². The number of hydrogen-bond acceptors (Lipinski definition) is 6. The number of benzene rings is 1. The van der Waals surface area contributed by atoms with Crippen LogP contribution in [0.5, 0.6) is 11.5 Å². The van der Waals surface area contributed by atoms with E-state index in [1.807, 2.05) is 0 Å². The molecule has 1 amide bonds. The van der Waals surface area contributed by atoms with E-state index >= 15 is 0 Å². The molecule has 0 fully saturated rings. The second-order valence-corrected chi connectivity index (χ2v) is 7.44. The van der Waals surface area contributed by atoms with Gasteiger partial charge in [-0.1, -0.05) is 19.0 Å². The number of hydrogen-bond donors (Lipinski definition) is 2. The summed E-state index contributed by atoms with van der Waals surface area (Å²) in [5.41, 5.74) is 2.34. The summed E-state index contributed by atoms with van der Waals surface area (Å²) in [4.78, 5) is 12.8. The van der Waals surface area contributed by atoms with Crippen LogP contribution in [-0.4, -0.2) is 31.0 Å². The van der Waals surface area contributed by atoms with E-state index in [-0.39, 0.29) is 17.1 Å². The molecule has 144 valence electrons. The fraction of sp³-hybridized carbons (Fsp3) is 0.400. The van der Waals surface area contributed by atoms with Crippen LogP contribution >= 0.6 is 0 Å². The van der Waals surface area contributed by atoms with Gasteiger partial charge in [0.25, 0.3) is 5.91 Å². The molecule has 0 bridgehead atoms. The lowest BCUT2D eigenvalue weighted by atomic mass is 9.75. The Kier molecular flexibility index (Phi) is 4.87. The molecule has 0 spiro atoms. The minimum atomic E-state index is -0.388. The number of ether oxygens (including phenoxy) is 2. The largest absolute Gasteiger partial charge is 0.497 e. The molecule has 1 aliphatic carbocycles. The number of amides is 1. The zero-order chi connectivity index (χ0) is 19.8. The molecule has 2 N–H and O–H groups in total. The molecular formula is C20H24N2O5. The van der Waals surface area contributed by atoms with Gasteiger partial charge in [0.05, 0.1) is 25.6 Å². The number of fused-ring (bicyclic) bond motifs is 1. The lowest BCUT2D eigenvalue weighted by Gasteiger charge is -2.28. The molecule has 0 aliphatic heterocycles. The number of nitrogens with one attached hydrogen (secondary N) is 1. The Morgan fingerprint density at radius 1 is 1.26 bits per heavy atom. The number of carbonyl (C=O) groups excluding carboxylic acids is 1. The van der Waals surface area contributed by atoms with E-state index in [1.54, 1.807) is 32.2 Å². The van der Waals surface area contributed by atoms with Crippen molar-refractivity contribution in [2.75, 3.05) is 19.5 Å². The molecule has 0 atom stereocenters. The molecule has 7 nitrogen and oxygen atoms in total. The maximum absolute atomic E-state index is 12.8. The highest BCUT2D eigenvalue weighted by molar-refractivity contribution is 6.09. The Balaban J connectivity index is 1.95. The van der Waals surface area contributed by atoms with Gasteiger partial charge in [0.15, 0.2) is 5.76 Å². The molecule has 0 unspecified atom stereocenters. The van der Waals surface area contributed by atoms with Gasteiger partial charge in [-0.3, -0.25) is 4.79 Å². The van der Waals surface area contributed by atoms with Crippen LogP contribution in [-0.2, 0) is 6.42 Å². The average Bonchev–Trinajstić information content (AvgIpc) is 2.96. The monoisotopic (exact) mass is 372 g/mol. The van der Waals surface area contributed by atoms with Crippen molar-refractivity contribution in [1.82, 2.24) is 0 Å². The Bertz CT molecular complexity index is 911. The van der Waals surface area contributed by atoms with Gasteiger partial charge in [-0.25, -0.2) is 0 Å². The molecule has 1 aliphatic rings. The Hall–Kier alpha value is -2.96. The summed E-state index contributed by atoms with van der Waals surface area (Å²) in [5.74, 6) is 1.59. The van der Waals surface area contributed by atoms with Crippen molar-refractivity contribution in [3.63, 3.8) is 0 Å². The average molecular weight is 372 g/mol. The standard InChI is InChI=1S/C20H24N2O5/c1-11-17-14(22-24)9-20(2,3)10-16(17)27-18(11)19(23)21-13-7-6-12(25-4)8-15(13)26-5/h6-8,24H,9-10H2,1-5H3,(H,21,23)/b22-14+. The van der Waals surface area contributed by atoms with E-state index in [0.29, 0.717) is 47.1 Å². The van der Waals surface area contributed by atoms with E-state index in [2.05, 4.69) is 24.3 Å². The number of rotatable bonds is 4. The van der Waals surface area contributed by atoms with Crippen molar-refractivity contribution in [1.29, 1.82) is 0 Å². The summed E-state index contributed by atoms with van der Waals surface area (Å²) in [5, 5.41) is 15.7. The number of furan rings is 1. The molecule has 7 heteroatoms. The number of oxime groups is 1. The minimum Gasteiger partial charge on any atom is -0.497 e. The zero-order valence-electron chi connectivity index (χ0n) is 16.2. The maximum atomic E-state index is 12.8. The Morgan fingerprint density at radius 2 is 2.00 bits per heavy atom. The van der Waals surface area contributed by atoms with Crippen LogP contribution in [0.15, 0.2) is 27.8 Å². The molecular weight excluding hydrogens is 348 g/mol. The van der Waals surface area contributed by atoms with Crippen LogP contribution in [0.2, 0.25) is 0 Å². The molecule has 1 aromatic heterocycles. The summed E-state index contributed by atoms with van der Waals surface area (Å²) < 4.78 is 16.4. The quantitative estimate of drug-likeness (QED) is 0.625. The van der Waals surface area contributed by atoms with E-state index in [0.717, 1.165) is 5.56 Å². The summed E-state index contributed by atoms with van der Waals surface area (Å²) in [6.07, 6.45) is 1.28. The van der Waals surface area contributed by atoms with E-state index in [1.165, 1.54) is 7.11 Å². The molecule has 1 heterocycles. The van der Waals surface area contributed by atoms with E-state index < -0.39 is 0 Å². The van der Waals surface area contributed by atoms with Gasteiger partial charge < -0.3 is 24.4 Å². The first-order valence-corrected chi connectivity index (χ1v) is 8.66.